The number of para-hydroxylation sites is 1. The van der Waals surface area contributed by atoms with Crippen molar-refractivity contribution in [2.24, 2.45) is 0 Å². The van der Waals surface area contributed by atoms with Crippen molar-refractivity contribution in [3.63, 3.8) is 0 Å². The van der Waals surface area contributed by atoms with Crippen LogP contribution in [0.1, 0.15) is 24.8 Å². The molecule has 0 amide bonds. The van der Waals surface area contributed by atoms with E-state index in [2.05, 4.69) is 21.6 Å². The maximum absolute atomic E-state index is 13.3. The molecule has 25 heavy (non-hydrogen) atoms. The lowest BCUT2D eigenvalue weighted by Gasteiger charge is -2.39. The van der Waals surface area contributed by atoms with E-state index in [9.17, 15) is 13.2 Å². The number of alkyl halides is 3. The van der Waals surface area contributed by atoms with E-state index >= 15 is 0 Å². The number of hydrogen-bond donors (Lipinski definition) is 2. The van der Waals surface area contributed by atoms with Crippen LogP contribution in [0.2, 0.25) is 0 Å². The Morgan fingerprint density at radius 1 is 1.12 bits per heavy atom. The summed E-state index contributed by atoms with van der Waals surface area (Å²) in [6, 6.07) is 8.27. The zero-order chi connectivity index (χ0) is 17.4. The maximum Gasteiger partial charge on any atom is 0.414 e. The SMILES string of the molecule is FC(F)(F)C1=CC2=C(CCc3ccccc3N2C2CCCNC2)NC1. The number of aryl methyl sites for hydroxylation is 1. The van der Waals surface area contributed by atoms with Crippen LogP contribution < -0.4 is 15.5 Å². The fourth-order valence-corrected chi connectivity index (χ4v) is 4.00. The molecule has 1 saturated heterocycles. The van der Waals surface area contributed by atoms with E-state index in [1.807, 2.05) is 18.2 Å². The minimum Gasteiger partial charge on any atom is -0.383 e. The fourth-order valence-electron chi connectivity index (χ4n) is 4.00. The third-order valence-electron chi connectivity index (χ3n) is 5.27. The smallest absolute Gasteiger partial charge is 0.383 e. The van der Waals surface area contributed by atoms with E-state index in [1.165, 1.54) is 11.6 Å². The molecule has 6 heteroatoms. The molecule has 1 aromatic rings. The Kier molecular flexibility index (Phi) is 4.23. The lowest BCUT2D eigenvalue weighted by molar-refractivity contribution is -0.0930. The van der Waals surface area contributed by atoms with Gasteiger partial charge in [0.25, 0.3) is 0 Å². The van der Waals surface area contributed by atoms with E-state index in [0.717, 1.165) is 50.2 Å². The molecule has 134 valence electrons. The molecule has 3 heterocycles. The van der Waals surface area contributed by atoms with Crippen LogP contribution in [0.5, 0.6) is 0 Å². The fraction of sp³-hybridized carbons (Fsp3) is 0.474. The molecule has 0 saturated carbocycles. The molecule has 1 unspecified atom stereocenters. The lowest BCUT2D eigenvalue weighted by atomic mass is 10.0. The van der Waals surface area contributed by atoms with Crippen molar-refractivity contribution in [3.05, 3.63) is 52.9 Å². The molecule has 2 N–H and O–H groups in total. The van der Waals surface area contributed by atoms with Gasteiger partial charge in [-0.15, -0.1) is 0 Å². The number of hydrogen-bond acceptors (Lipinski definition) is 3. The highest BCUT2D eigenvalue weighted by Crippen LogP contribution is 2.38. The molecule has 1 aromatic carbocycles. The van der Waals surface area contributed by atoms with Gasteiger partial charge in [0.2, 0.25) is 0 Å². The first-order valence-corrected chi connectivity index (χ1v) is 8.86. The Bertz CT molecular complexity index is 715. The van der Waals surface area contributed by atoms with Gasteiger partial charge in [0, 0.05) is 30.5 Å². The standard InChI is InChI=1S/C19H22F3N3/c20-19(21,22)14-10-18-16(24-11-14)8-7-13-4-1-2-6-17(13)25(18)15-5-3-9-23-12-15/h1-2,4,6,10,15,23-24H,3,5,7-9,11-12H2. The average molecular weight is 349 g/mol. The molecule has 0 radical (unpaired) electrons. The summed E-state index contributed by atoms with van der Waals surface area (Å²) in [5.41, 5.74) is 3.36. The molecule has 4 rings (SSSR count). The predicted octanol–water partition coefficient (Wildman–Crippen LogP) is 3.49. The second-order valence-electron chi connectivity index (χ2n) is 6.88. The first-order valence-electron chi connectivity index (χ1n) is 8.86. The molecular weight excluding hydrogens is 327 g/mol. The summed E-state index contributed by atoms with van der Waals surface area (Å²) < 4.78 is 39.9. The second kappa shape index (κ2) is 6.41. The molecule has 3 nitrogen and oxygen atoms in total. The van der Waals surface area contributed by atoms with Gasteiger partial charge in [-0.3, -0.25) is 0 Å². The van der Waals surface area contributed by atoms with Crippen LogP contribution in [-0.4, -0.2) is 31.9 Å². The lowest BCUT2D eigenvalue weighted by Crippen LogP contribution is -2.47. The van der Waals surface area contributed by atoms with Crippen molar-refractivity contribution in [1.29, 1.82) is 0 Å². The second-order valence-corrected chi connectivity index (χ2v) is 6.88. The highest BCUT2D eigenvalue weighted by Gasteiger charge is 2.38. The minimum atomic E-state index is -4.30. The van der Waals surface area contributed by atoms with Crippen molar-refractivity contribution >= 4 is 5.69 Å². The van der Waals surface area contributed by atoms with Crippen LogP contribution in [0.15, 0.2) is 47.3 Å². The summed E-state index contributed by atoms with van der Waals surface area (Å²) in [5.74, 6) is 0. The van der Waals surface area contributed by atoms with Crippen molar-refractivity contribution < 1.29 is 13.2 Å². The number of rotatable bonds is 1. The number of allylic oxidation sites excluding steroid dienone is 2. The summed E-state index contributed by atoms with van der Waals surface area (Å²) in [4.78, 5) is 2.14. The van der Waals surface area contributed by atoms with E-state index in [0.29, 0.717) is 5.70 Å². The van der Waals surface area contributed by atoms with Crippen LogP contribution in [0.3, 0.4) is 0 Å². The van der Waals surface area contributed by atoms with Gasteiger partial charge in [-0.2, -0.15) is 13.2 Å². The van der Waals surface area contributed by atoms with Gasteiger partial charge < -0.3 is 15.5 Å². The number of piperidine rings is 1. The third-order valence-corrected chi connectivity index (χ3v) is 5.27. The number of fused-ring (bicyclic) bond motifs is 1. The van der Waals surface area contributed by atoms with Crippen LogP contribution in [0, 0.1) is 0 Å². The summed E-state index contributed by atoms with van der Waals surface area (Å²) in [5, 5.41) is 6.44. The van der Waals surface area contributed by atoms with Crippen molar-refractivity contribution in [2.75, 3.05) is 24.5 Å². The molecule has 3 aliphatic heterocycles. The number of anilines is 1. The van der Waals surface area contributed by atoms with E-state index < -0.39 is 11.7 Å². The van der Waals surface area contributed by atoms with E-state index in [4.69, 9.17) is 0 Å². The summed E-state index contributed by atoms with van der Waals surface area (Å²) in [6.07, 6.45) is 0.664. The molecule has 1 fully saturated rings. The van der Waals surface area contributed by atoms with Crippen molar-refractivity contribution in [2.45, 2.75) is 37.9 Å². The van der Waals surface area contributed by atoms with Crippen LogP contribution in [-0.2, 0) is 6.42 Å². The van der Waals surface area contributed by atoms with Gasteiger partial charge >= 0.3 is 6.18 Å². The zero-order valence-corrected chi connectivity index (χ0v) is 14.0. The molecule has 1 atom stereocenters. The summed E-state index contributed by atoms with van der Waals surface area (Å²) in [6.45, 7) is 1.62. The molecule has 0 aliphatic carbocycles. The van der Waals surface area contributed by atoms with Crippen LogP contribution in [0.25, 0.3) is 0 Å². The Morgan fingerprint density at radius 3 is 2.72 bits per heavy atom. The van der Waals surface area contributed by atoms with Gasteiger partial charge in [-0.25, -0.2) is 0 Å². The number of halogens is 3. The van der Waals surface area contributed by atoms with E-state index in [-0.39, 0.29) is 12.6 Å². The van der Waals surface area contributed by atoms with Crippen LogP contribution in [0.4, 0.5) is 18.9 Å². The molecule has 3 aliphatic rings. The quantitative estimate of drug-likeness (QED) is 0.813. The monoisotopic (exact) mass is 349 g/mol. The first-order chi connectivity index (χ1) is 12.0. The summed E-state index contributed by atoms with van der Waals surface area (Å²) >= 11 is 0. The Hall–Kier alpha value is -1.95. The van der Waals surface area contributed by atoms with Gasteiger partial charge in [0.05, 0.1) is 11.3 Å². The predicted molar refractivity (Wildman–Crippen MR) is 92.3 cm³/mol. The molecular formula is C19H22F3N3. The van der Waals surface area contributed by atoms with Gasteiger partial charge in [-0.05, 0) is 49.9 Å². The number of dihydropyridines is 1. The van der Waals surface area contributed by atoms with Gasteiger partial charge in [0.15, 0.2) is 0 Å². The van der Waals surface area contributed by atoms with Crippen molar-refractivity contribution in [1.82, 2.24) is 10.6 Å². The maximum atomic E-state index is 13.3. The third kappa shape index (κ3) is 3.15. The normalized spacial score (nSPS) is 24.0. The van der Waals surface area contributed by atoms with Gasteiger partial charge in [-0.1, -0.05) is 18.2 Å². The minimum absolute atomic E-state index is 0.143. The summed E-state index contributed by atoms with van der Waals surface area (Å²) in [7, 11) is 0. The Morgan fingerprint density at radius 2 is 1.96 bits per heavy atom. The average Bonchev–Trinajstić information content (AvgIpc) is 2.78. The van der Waals surface area contributed by atoms with E-state index in [1.54, 1.807) is 0 Å². The number of nitrogens with one attached hydrogen (secondary N) is 2. The van der Waals surface area contributed by atoms with Crippen molar-refractivity contribution in [3.8, 4) is 0 Å². The number of nitrogens with zero attached hydrogens (tertiary/aromatic N) is 1. The zero-order valence-electron chi connectivity index (χ0n) is 14.0. The molecule has 0 aromatic heterocycles. The number of benzene rings is 1. The highest BCUT2D eigenvalue weighted by atomic mass is 19.4. The highest BCUT2D eigenvalue weighted by molar-refractivity contribution is 5.64. The van der Waals surface area contributed by atoms with Gasteiger partial charge in [0.1, 0.15) is 0 Å². The molecule has 0 spiro atoms. The topological polar surface area (TPSA) is 27.3 Å². The molecule has 0 bridgehead atoms. The first kappa shape index (κ1) is 16.5. The van der Waals surface area contributed by atoms with Crippen LogP contribution >= 0.6 is 0 Å². The largest absolute Gasteiger partial charge is 0.414 e. The Labute approximate surface area is 145 Å². The Balaban J connectivity index is 1.82.